The van der Waals surface area contributed by atoms with E-state index in [1.807, 2.05) is 6.07 Å². The maximum absolute atomic E-state index is 11.9. The third-order valence-electron chi connectivity index (χ3n) is 1.45. The van der Waals surface area contributed by atoms with E-state index in [1.54, 1.807) is 11.3 Å². The smallest absolute Gasteiger partial charge is 0.0912 e. The van der Waals surface area contributed by atoms with Crippen LogP contribution in [0, 0.1) is 0 Å². The van der Waals surface area contributed by atoms with Crippen LogP contribution in [0.15, 0.2) is 14.3 Å². The minimum absolute atomic E-state index is 0.178. The summed E-state index contributed by atoms with van der Waals surface area (Å²) in [5.41, 5.74) is 5.72. The van der Waals surface area contributed by atoms with E-state index in [4.69, 9.17) is 5.73 Å². The minimum atomic E-state index is -0.367. The van der Waals surface area contributed by atoms with Crippen LogP contribution in [0.4, 0.5) is 4.39 Å². The minimum Gasteiger partial charge on any atom is -0.323 e. The maximum Gasteiger partial charge on any atom is 0.0912 e. The second-order valence-electron chi connectivity index (χ2n) is 2.35. The highest BCUT2D eigenvalue weighted by atomic mass is 79.9. The number of alkyl halides is 1. The van der Waals surface area contributed by atoms with Gasteiger partial charge in [0.2, 0.25) is 0 Å². The predicted octanol–water partition coefficient (Wildman–Crippen LogP) is 3.63. The van der Waals surface area contributed by atoms with Gasteiger partial charge in [0.15, 0.2) is 0 Å². The summed E-state index contributed by atoms with van der Waals surface area (Å²) in [6.07, 6.45) is 0.388. The van der Waals surface area contributed by atoms with Crippen LogP contribution in [0.2, 0.25) is 0 Å². The highest BCUT2D eigenvalue weighted by Crippen LogP contribution is 2.35. The molecule has 0 unspecified atom stereocenters. The van der Waals surface area contributed by atoms with Crippen molar-refractivity contribution in [1.29, 1.82) is 0 Å². The van der Waals surface area contributed by atoms with Crippen LogP contribution in [0.1, 0.15) is 17.3 Å². The Kier molecular flexibility index (Phi) is 4.16. The van der Waals surface area contributed by atoms with E-state index in [2.05, 4.69) is 31.9 Å². The van der Waals surface area contributed by atoms with Crippen molar-refractivity contribution in [3.05, 3.63) is 19.2 Å². The molecule has 0 radical (unpaired) electrons. The lowest BCUT2D eigenvalue weighted by molar-refractivity contribution is 0.444. The Labute approximate surface area is 91.4 Å². The Balaban J connectivity index is 2.74. The zero-order valence-corrected chi connectivity index (χ0v) is 10.2. The van der Waals surface area contributed by atoms with Gasteiger partial charge in [-0.2, -0.15) is 0 Å². The molecule has 0 spiro atoms. The standard InChI is InChI=1S/C7H8Br2FNS/c8-4-3-6(12-7(4)9)5(11)1-2-10/h3,5H,1-2,11H2/t5-/m1/s1. The van der Waals surface area contributed by atoms with Gasteiger partial charge in [0, 0.05) is 15.4 Å². The molecule has 0 saturated carbocycles. The normalized spacial score (nSPS) is 13.3. The van der Waals surface area contributed by atoms with Gasteiger partial charge in [-0.1, -0.05) is 0 Å². The van der Waals surface area contributed by atoms with Crippen LogP contribution in [0.3, 0.4) is 0 Å². The van der Waals surface area contributed by atoms with Crippen molar-refractivity contribution in [2.24, 2.45) is 5.73 Å². The molecule has 1 aromatic heterocycles. The monoisotopic (exact) mass is 315 g/mol. The molecule has 1 aromatic rings. The van der Waals surface area contributed by atoms with Gasteiger partial charge in [0.1, 0.15) is 0 Å². The van der Waals surface area contributed by atoms with Gasteiger partial charge >= 0.3 is 0 Å². The topological polar surface area (TPSA) is 26.0 Å². The summed E-state index contributed by atoms with van der Waals surface area (Å²) in [7, 11) is 0. The molecule has 12 heavy (non-hydrogen) atoms. The van der Waals surface area contributed by atoms with Gasteiger partial charge in [0.25, 0.3) is 0 Å². The third-order valence-corrected chi connectivity index (χ3v) is 4.84. The fraction of sp³-hybridized carbons (Fsp3) is 0.429. The summed E-state index contributed by atoms with van der Waals surface area (Å²) in [4.78, 5) is 1.01. The van der Waals surface area contributed by atoms with Gasteiger partial charge in [-0.3, -0.25) is 4.39 Å². The predicted molar refractivity (Wildman–Crippen MR) is 57.2 cm³/mol. The molecule has 1 nitrogen and oxygen atoms in total. The Bertz CT molecular complexity index is 244. The van der Waals surface area contributed by atoms with Gasteiger partial charge in [-0.05, 0) is 44.3 Å². The number of thiophene rings is 1. The summed E-state index contributed by atoms with van der Waals surface area (Å²) in [6, 6.07) is 1.75. The summed E-state index contributed by atoms with van der Waals surface area (Å²) in [5, 5.41) is 0. The van der Waals surface area contributed by atoms with E-state index in [0.29, 0.717) is 6.42 Å². The van der Waals surface area contributed by atoms with Crippen molar-refractivity contribution in [3.8, 4) is 0 Å². The van der Waals surface area contributed by atoms with Gasteiger partial charge < -0.3 is 5.73 Å². The molecule has 0 bridgehead atoms. The number of hydrogen-bond acceptors (Lipinski definition) is 2. The fourth-order valence-corrected chi connectivity index (χ4v) is 2.93. The van der Waals surface area contributed by atoms with Crippen LogP contribution in [0.5, 0.6) is 0 Å². The molecule has 0 fully saturated rings. The average Bonchev–Trinajstić information content (AvgIpc) is 2.33. The Morgan fingerprint density at radius 3 is 2.67 bits per heavy atom. The Hall–Kier alpha value is 0.550. The largest absolute Gasteiger partial charge is 0.323 e. The van der Waals surface area contributed by atoms with Gasteiger partial charge in [-0.15, -0.1) is 11.3 Å². The third kappa shape index (κ3) is 2.52. The van der Waals surface area contributed by atoms with Crippen molar-refractivity contribution in [1.82, 2.24) is 0 Å². The van der Waals surface area contributed by atoms with Crippen molar-refractivity contribution in [2.75, 3.05) is 6.67 Å². The van der Waals surface area contributed by atoms with Crippen LogP contribution in [-0.2, 0) is 0 Å². The van der Waals surface area contributed by atoms with Crippen LogP contribution >= 0.6 is 43.2 Å². The molecule has 1 atom stereocenters. The fourth-order valence-electron chi connectivity index (χ4n) is 0.806. The molecular formula is C7H8Br2FNS. The van der Waals surface area contributed by atoms with Crippen molar-refractivity contribution in [2.45, 2.75) is 12.5 Å². The molecule has 5 heteroatoms. The van der Waals surface area contributed by atoms with Crippen LogP contribution in [-0.4, -0.2) is 6.67 Å². The highest BCUT2D eigenvalue weighted by Gasteiger charge is 2.10. The number of rotatable bonds is 3. The zero-order valence-electron chi connectivity index (χ0n) is 6.19. The molecule has 0 saturated heterocycles. The van der Waals surface area contributed by atoms with Crippen LogP contribution < -0.4 is 5.73 Å². The molecule has 1 rings (SSSR count). The Morgan fingerprint density at radius 2 is 2.25 bits per heavy atom. The molecule has 1 heterocycles. The van der Waals surface area contributed by atoms with Crippen molar-refractivity contribution in [3.63, 3.8) is 0 Å². The maximum atomic E-state index is 11.9. The molecule has 0 aromatic carbocycles. The number of hydrogen-bond donors (Lipinski definition) is 1. The number of halogens is 3. The highest BCUT2D eigenvalue weighted by molar-refractivity contribution is 9.13. The zero-order chi connectivity index (χ0) is 9.14. The first-order valence-corrected chi connectivity index (χ1v) is 5.81. The SMILES string of the molecule is N[C@H](CCF)c1cc(Br)c(Br)s1. The van der Waals surface area contributed by atoms with E-state index < -0.39 is 0 Å². The summed E-state index contributed by atoms with van der Waals surface area (Å²) >= 11 is 8.25. The number of nitrogens with two attached hydrogens (primary N) is 1. The van der Waals surface area contributed by atoms with E-state index in [-0.39, 0.29) is 12.7 Å². The summed E-state index contributed by atoms with van der Waals surface area (Å²) in [5.74, 6) is 0. The second kappa shape index (κ2) is 4.69. The summed E-state index contributed by atoms with van der Waals surface area (Å²) < 4.78 is 13.9. The van der Waals surface area contributed by atoms with Crippen LogP contribution in [0.25, 0.3) is 0 Å². The molecule has 0 aliphatic rings. The van der Waals surface area contributed by atoms with Gasteiger partial charge in [0.05, 0.1) is 10.5 Å². The molecule has 0 aliphatic heterocycles. The van der Waals surface area contributed by atoms with Gasteiger partial charge in [-0.25, -0.2) is 0 Å². The van der Waals surface area contributed by atoms with E-state index in [0.717, 1.165) is 13.1 Å². The van der Waals surface area contributed by atoms with Crippen molar-refractivity contribution < 1.29 is 4.39 Å². The second-order valence-corrected chi connectivity index (χ2v) is 5.61. The Morgan fingerprint density at radius 1 is 1.58 bits per heavy atom. The van der Waals surface area contributed by atoms with E-state index >= 15 is 0 Å². The summed E-state index contributed by atoms with van der Waals surface area (Å²) in [6.45, 7) is -0.367. The first kappa shape index (κ1) is 10.6. The quantitative estimate of drug-likeness (QED) is 0.905. The van der Waals surface area contributed by atoms with E-state index in [9.17, 15) is 4.39 Å². The van der Waals surface area contributed by atoms with E-state index in [1.165, 1.54) is 0 Å². The molecule has 0 aliphatic carbocycles. The first-order chi connectivity index (χ1) is 5.65. The van der Waals surface area contributed by atoms with Crippen molar-refractivity contribution >= 4 is 43.2 Å². The molecule has 2 N–H and O–H groups in total. The molecule has 0 amide bonds. The lowest BCUT2D eigenvalue weighted by Gasteiger charge is -2.04. The molecule has 68 valence electrons. The average molecular weight is 317 g/mol. The lowest BCUT2D eigenvalue weighted by atomic mass is 10.2. The lowest BCUT2D eigenvalue weighted by Crippen LogP contribution is -2.08. The molecular weight excluding hydrogens is 309 g/mol. The first-order valence-electron chi connectivity index (χ1n) is 3.41.